The highest BCUT2D eigenvalue weighted by Crippen LogP contribution is 2.34. The molecule has 5 rings (SSSR count). The summed E-state index contributed by atoms with van der Waals surface area (Å²) in [5.41, 5.74) is 1.22. The fraction of sp³-hybridized carbons (Fsp3) is 0.467. The number of ether oxygens (including phenoxy) is 2. The molecule has 1 atom stereocenters. The molecule has 0 spiro atoms. The van der Waals surface area contributed by atoms with Crippen molar-refractivity contribution in [2.45, 2.75) is 45.3 Å². The van der Waals surface area contributed by atoms with E-state index in [9.17, 15) is 19.2 Å². The van der Waals surface area contributed by atoms with Crippen LogP contribution >= 0.6 is 0 Å². The van der Waals surface area contributed by atoms with Crippen LogP contribution in [0.4, 0.5) is 0 Å². The number of hydrogen-bond donors (Lipinski definition) is 1. The number of rotatable bonds is 11. The van der Waals surface area contributed by atoms with Crippen LogP contribution in [0.2, 0.25) is 0 Å². The van der Waals surface area contributed by atoms with Crippen LogP contribution in [-0.2, 0) is 16.2 Å². The second-order valence-corrected chi connectivity index (χ2v) is 10.4. The van der Waals surface area contributed by atoms with Gasteiger partial charge in [0.1, 0.15) is 30.8 Å². The topological polar surface area (TPSA) is 108 Å². The van der Waals surface area contributed by atoms with Crippen LogP contribution < -0.4 is 14.8 Å². The van der Waals surface area contributed by atoms with Crippen molar-refractivity contribution in [2.24, 2.45) is 0 Å². The monoisotopic (exact) mass is 548 g/mol. The molecule has 3 heterocycles. The molecule has 10 heteroatoms. The van der Waals surface area contributed by atoms with Gasteiger partial charge in [-0.1, -0.05) is 31.5 Å². The predicted molar refractivity (Wildman–Crippen MR) is 147 cm³/mol. The van der Waals surface area contributed by atoms with Gasteiger partial charge >= 0.3 is 0 Å². The predicted octanol–water partition coefficient (Wildman–Crippen LogP) is 2.46. The third-order valence-electron chi connectivity index (χ3n) is 7.72. The van der Waals surface area contributed by atoms with E-state index in [1.807, 2.05) is 24.3 Å². The number of carbonyl (C=O) groups excluding carboxylic acids is 4. The molecule has 2 aromatic carbocycles. The third kappa shape index (κ3) is 6.18. The number of nitrogens with zero attached hydrogens (tertiary/aromatic N) is 3. The number of amides is 4. The number of unbranched alkanes of at least 4 members (excludes halogenated alkanes) is 1. The highest BCUT2D eigenvalue weighted by atomic mass is 16.5. The van der Waals surface area contributed by atoms with Crippen molar-refractivity contribution in [2.75, 3.05) is 45.9 Å². The molecule has 2 saturated heterocycles. The Morgan fingerprint density at radius 3 is 2.30 bits per heavy atom. The summed E-state index contributed by atoms with van der Waals surface area (Å²) in [7, 11) is 0. The van der Waals surface area contributed by atoms with Crippen LogP contribution in [0.3, 0.4) is 0 Å². The Bertz CT molecular complexity index is 1260. The lowest BCUT2D eigenvalue weighted by molar-refractivity contribution is -0.136. The van der Waals surface area contributed by atoms with Crippen LogP contribution in [0.25, 0.3) is 0 Å². The number of hydrogen-bond acceptors (Lipinski definition) is 8. The van der Waals surface area contributed by atoms with Gasteiger partial charge in [-0.15, -0.1) is 0 Å². The van der Waals surface area contributed by atoms with Gasteiger partial charge in [0, 0.05) is 39.1 Å². The first kappa shape index (κ1) is 27.8. The maximum absolute atomic E-state index is 13.2. The summed E-state index contributed by atoms with van der Waals surface area (Å²) >= 11 is 0. The summed E-state index contributed by atoms with van der Waals surface area (Å²) in [5.74, 6) is -1.13. The molecule has 0 aromatic heterocycles. The first-order chi connectivity index (χ1) is 19.4. The molecule has 2 aromatic rings. The van der Waals surface area contributed by atoms with Crippen molar-refractivity contribution in [3.63, 3.8) is 0 Å². The van der Waals surface area contributed by atoms with E-state index in [4.69, 9.17) is 9.47 Å². The average molecular weight is 549 g/mol. The van der Waals surface area contributed by atoms with E-state index in [1.165, 1.54) is 19.4 Å². The highest BCUT2D eigenvalue weighted by Gasteiger charge is 2.46. The molecule has 3 aliphatic rings. The van der Waals surface area contributed by atoms with Crippen molar-refractivity contribution in [1.29, 1.82) is 0 Å². The first-order valence-corrected chi connectivity index (χ1v) is 14.1. The Balaban J connectivity index is 1.12. The number of nitrogens with one attached hydrogen (secondary N) is 1. The molecule has 212 valence electrons. The van der Waals surface area contributed by atoms with E-state index < -0.39 is 29.7 Å². The van der Waals surface area contributed by atoms with Gasteiger partial charge in [-0.25, -0.2) is 0 Å². The van der Waals surface area contributed by atoms with E-state index in [0.717, 1.165) is 48.9 Å². The lowest BCUT2D eigenvalue weighted by Gasteiger charge is -2.34. The Labute approximate surface area is 234 Å². The molecule has 2 fully saturated rings. The molecule has 3 aliphatic heterocycles. The van der Waals surface area contributed by atoms with Crippen molar-refractivity contribution >= 4 is 23.6 Å². The third-order valence-corrected chi connectivity index (χ3v) is 7.72. The van der Waals surface area contributed by atoms with Gasteiger partial charge in [0.05, 0.1) is 11.1 Å². The highest BCUT2D eigenvalue weighted by molar-refractivity contribution is 6.24. The van der Waals surface area contributed by atoms with Crippen molar-refractivity contribution < 1.29 is 28.7 Å². The normalized spacial score (nSPS) is 20.0. The molecular weight excluding hydrogens is 512 g/mol. The number of piperidine rings is 1. The van der Waals surface area contributed by atoms with Crippen molar-refractivity contribution in [3.05, 3.63) is 59.2 Å². The van der Waals surface area contributed by atoms with Crippen molar-refractivity contribution in [3.8, 4) is 11.5 Å². The zero-order valence-electron chi connectivity index (χ0n) is 22.9. The van der Waals surface area contributed by atoms with Gasteiger partial charge in [0.15, 0.2) is 0 Å². The second-order valence-electron chi connectivity index (χ2n) is 10.4. The van der Waals surface area contributed by atoms with Crippen LogP contribution in [0, 0.1) is 0 Å². The second kappa shape index (κ2) is 12.6. The summed E-state index contributed by atoms with van der Waals surface area (Å²) in [6, 6.07) is 11.4. The number of imide groups is 2. The lowest BCUT2D eigenvalue weighted by Crippen LogP contribution is -2.54. The zero-order chi connectivity index (χ0) is 28.1. The molecule has 0 radical (unpaired) electrons. The summed E-state index contributed by atoms with van der Waals surface area (Å²) in [4.78, 5) is 56.0. The molecule has 0 aliphatic carbocycles. The smallest absolute Gasteiger partial charge is 0.266 e. The maximum atomic E-state index is 13.2. The van der Waals surface area contributed by atoms with Gasteiger partial charge in [0.25, 0.3) is 11.8 Å². The molecule has 0 bridgehead atoms. The molecular formula is C30H36N4O6. The van der Waals surface area contributed by atoms with E-state index in [2.05, 4.69) is 22.0 Å². The molecule has 0 saturated carbocycles. The van der Waals surface area contributed by atoms with E-state index >= 15 is 0 Å². The molecule has 40 heavy (non-hydrogen) atoms. The van der Waals surface area contributed by atoms with Gasteiger partial charge in [-0.3, -0.25) is 34.3 Å². The Morgan fingerprint density at radius 1 is 0.875 bits per heavy atom. The summed E-state index contributed by atoms with van der Waals surface area (Å²) in [6.07, 6.45) is 2.68. The SMILES string of the molecule is CCCCN1CCN(CCOc2ccc(COc3cccc4c3C(=O)N(C3CCC(=O)NC3=O)C4=O)cc2)CC1. The van der Waals surface area contributed by atoms with Crippen LogP contribution in [0.5, 0.6) is 11.5 Å². The lowest BCUT2D eigenvalue weighted by atomic mass is 10.0. The van der Waals surface area contributed by atoms with Crippen molar-refractivity contribution in [1.82, 2.24) is 20.0 Å². The minimum Gasteiger partial charge on any atom is -0.492 e. The van der Waals surface area contributed by atoms with Crippen LogP contribution in [0.15, 0.2) is 42.5 Å². The Morgan fingerprint density at radius 2 is 1.60 bits per heavy atom. The fourth-order valence-electron chi connectivity index (χ4n) is 5.36. The largest absolute Gasteiger partial charge is 0.492 e. The Kier molecular flexibility index (Phi) is 8.76. The number of fused-ring (bicyclic) bond motifs is 1. The van der Waals surface area contributed by atoms with Gasteiger partial charge in [-0.05, 0) is 49.2 Å². The fourth-order valence-corrected chi connectivity index (χ4v) is 5.36. The van der Waals surface area contributed by atoms with E-state index in [-0.39, 0.29) is 36.3 Å². The van der Waals surface area contributed by atoms with Gasteiger partial charge in [-0.2, -0.15) is 0 Å². The Hall–Kier alpha value is -3.76. The minimum absolute atomic E-state index is 0.0724. The number of carbonyl (C=O) groups is 4. The summed E-state index contributed by atoms with van der Waals surface area (Å²) in [6.45, 7) is 9.53. The summed E-state index contributed by atoms with van der Waals surface area (Å²) < 4.78 is 11.9. The van der Waals surface area contributed by atoms with Crippen LogP contribution in [-0.4, -0.2) is 90.2 Å². The number of benzene rings is 2. The molecule has 10 nitrogen and oxygen atoms in total. The standard InChI is InChI=1S/C30H36N4O6/c1-2-3-13-32-14-16-33(17-15-32)18-19-39-22-9-7-21(8-10-22)20-40-25-6-4-5-23-27(25)30(38)34(29(23)37)24-11-12-26(35)31-28(24)36/h4-10,24H,2-3,11-20H2,1H3,(H,31,35,36). The van der Waals surface area contributed by atoms with Crippen LogP contribution in [0.1, 0.15) is 58.9 Å². The first-order valence-electron chi connectivity index (χ1n) is 14.1. The molecule has 1 N–H and O–H groups in total. The molecule has 4 amide bonds. The quantitative estimate of drug-likeness (QED) is 0.427. The van der Waals surface area contributed by atoms with E-state index in [0.29, 0.717) is 6.61 Å². The van der Waals surface area contributed by atoms with Gasteiger partial charge < -0.3 is 14.4 Å². The maximum Gasteiger partial charge on any atom is 0.266 e. The van der Waals surface area contributed by atoms with Gasteiger partial charge in [0.2, 0.25) is 11.8 Å². The van der Waals surface area contributed by atoms with E-state index in [1.54, 1.807) is 18.2 Å². The zero-order valence-corrected chi connectivity index (χ0v) is 22.9. The summed E-state index contributed by atoms with van der Waals surface area (Å²) in [5, 5.41) is 2.21. The number of piperazine rings is 1. The minimum atomic E-state index is -1.01. The average Bonchev–Trinajstić information content (AvgIpc) is 3.22. The molecule has 1 unspecified atom stereocenters.